The molecule has 0 aliphatic heterocycles. The molecular weight excluding hydrogens is 274 g/mol. The van der Waals surface area contributed by atoms with Gasteiger partial charge in [-0.3, -0.25) is 0 Å². The second kappa shape index (κ2) is 5.04. The monoisotopic (exact) mass is 287 g/mol. The van der Waals surface area contributed by atoms with Gasteiger partial charge in [0.2, 0.25) is 5.65 Å². The Morgan fingerprint density at radius 3 is 2.23 bits per heavy atom. The van der Waals surface area contributed by atoms with Gasteiger partial charge in [-0.25, -0.2) is 9.67 Å². The van der Waals surface area contributed by atoms with Gasteiger partial charge in [0.15, 0.2) is 5.82 Å². The Morgan fingerprint density at radius 2 is 1.50 bits per heavy atom. The van der Waals surface area contributed by atoms with Crippen molar-refractivity contribution in [3.05, 3.63) is 66.4 Å². The minimum atomic E-state index is 0.615. The fraction of sp³-hybridized carbons (Fsp3) is 0.0588. The number of benzene rings is 2. The Morgan fingerprint density at radius 1 is 0.818 bits per heavy atom. The second-order valence-electron chi connectivity index (χ2n) is 5.01. The Kier molecular flexibility index (Phi) is 2.89. The van der Waals surface area contributed by atoms with Crippen LogP contribution in [0.5, 0.6) is 0 Å². The van der Waals surface area contributed by atoms with Gasteiger partial charge in [-0.15, -0.1) is 10.2 Å². The summed E-state index contributed by atoms with van der Waals surface area (Å²) in [6, 6.07) is 19.7. The van der Waals surface area contributed by atoms with Crippen LogP contribution in [0.25, 0.3) is 28.2 Å². The van der Waals surface area contributed by atoms with Crippen molar-refractivity contribution in [1.82, 2.24) is 25.0 Å². The molecule has 0 spiro atoms. The summed E-state index contributed by atoms with van der Waals surface area (Å²) < 4.78 is 1.78. The molecule has 22 heavy (non-hydrogen) atoms. The van der Waals surface area contributed by atoms with Crippen molar-refractivity contribution in [2.75, 3.05) is 0 Å². The van der Waals surface area contributed by atoms with Crippen LogP contribution in [0.3, 0.4) is 0 Å². The largest absolute Gasteiger partial charge is 0.221 e. The van der Waals surface area contributed by atoms with E-state index in [-0.39, 0.29) is 0 Å². The number of nitrogens with zero attached hydrogens (tertiary/aromatic N) is 5. The van der Waals surface area contributed by atoms with Gasteiger partial charge in [-0.2, -0.15) is 5.10 Å². The molecule has 0 radical (unpaired) electrons. The van der Waals surface area contributed by atoms with Crippen molar-refractivity contribution in [2.45, 2.75) is 6.92 Å². The molecule has 0 saturated heterocycles. The molecule has 0 unspecified atom stereocenters. The molecule has 0 aliphatic rings. The molecule has 0 atom stereocenters. The van der Waals surface area contributed by atoms with Crippen LogP contribution < -0.4 is 0 Å². The number of para-hydroxylation sites is 1. The van der Waals surface area contributed by atoms with Crippen LogP contribution in [0.1, 0.15) is 5.69 Å². The maximum absolute atomic E-state index is 4.63. The Labute approximate surface area is 127 Å². The third-order valence-corrected chi connectivity index (χ3v) is 3.50. The van der Waals surface area contributed by atoms with E-state index in [0.717, 1.165) is 22.5 Å². The highest BCUT2D eigenvalue weighted by molar-refractivity contribution is 5.76. The van der Waals surface area contributed by atoms with Gasteiger partial charge in [-0.05, 0) is 19.1 Å². The number of rotatable bonds is 2. The molecule has 0 bridgehead atoms. The first-order valence-corrected chi connectivity index (χ1v) is 7.04. The summed E-state index contributed by atoms with van der Waals surface area (Å²) >= 11 is 0. The van der Waals surface area contributed by atoms with Gasteiger partial charge < -0.3 is 0 Å². The summed E-state index contributed by atoms with van der Waals surface area (Å²) in [5.74, 6) is 0.615. The number of aromatic nitrogens is 5. The molecule has 2 heterocycles. The molecule has 0 fully saturated rings. The van der Waals surface area contributed by atoms with Crippen molar-refractivity contribution in [3.63, 3.8) is 0 Å². The maximum Gasteiger partial charge on any atom is 0.204 e. The van der Waals surface area contributed by atoms with E-state index in [2.05, 4.69) is 20.3 Å². The van der Waals surface area contributed by atoms with Crippen molar-refractivity contribution in [1.29, 1.82) is 0 Å². The molecule has 106 valence electrons. The lowest BCUT2D eigenvalue weighted by Gasteiger charge is -2.02. The molecule has 4 aromatic rings. The first kappa shape index (κ1) is 12.6. The minimum Gasteiger partial charge on any atom is -0.221 e. The van der Waals surface area contributed by atoms with Gasteiger partial charge in [0.25, 0.3) is 0 Å². The zero-order chi connectivity index (χ0) is 14.9. The molecule has 4 rings (SSSR count). The van der Waals surface area contributed by atoms with E-state index in [1.54, 1.807) is 4.68 Å². The zero-order valence-electron chi connectivity index (χ0n) is 12.0. The van der Waals surface area contributed by atoms with Crippen molar-refractivity contribution < 1.29 is 0 Å². The summed E-state index contributed by atoms with van der Waals surface area (Å²) in [5, 5.41) is 13.1. The smallest absolute Gasteiger partial charge is 0.204 e. The van der Waals surface area contributed by atoms with Gasteiger partial charge in [0.05, 0.1) is 11.4 Å². The van der Waals surface area contributed by atoms with Gasteiger partial charge in [-0.1, -0.05) is 48.5 Å². The topological polar surface area (TPSA) is 56.5 Å². The molecular formula is C17H13N5. The van der Waals surface area contributed by atoms with E-state index >= 15 is 0 Å². The zero-order valence-corrected chi connectivity index (χ0v) is 12.0. The normalized spacial score (nSPS) is 11.0. The highest BCUT2D eigenvalue weighted by atomic mass is 15.3. The quantitative estimate of drug-likeness (QED) is 0.568. The molecule has 2 aromatic carbocycles. The van der Waals surface area contributed by atoms with E-state index in [0.29, 0.717) is 11.5 Å². The van der Waals surface area contributed by atoms with E-state index in [1.165, 1.54) is 0 Å². The van der Waals surface area contributed by atoms with E-state index in [9.17, 15) is 0 Å². The summed E-state index contributed by atoms with van der Waals surface area (Å²) in [7, 11) is 0. The van der Waals surface area contributed by atoms with Gasteiger partial charge in [0.1, 0.15) is 5.52 Å². The molecule has 0 aliphatic carbocycles. The molecule has 2 aromatic heterocycles. The van der Waals surface area contributed by atoms with Crippen LogP contribution in [-0.2, 0) is 0 Å². The second-order valence-corrected chi connectivity index (χ2v) is 5.01. The number of hydrogen-bond donors (Lipinski definition) is 0. The Bertz CT molecular complexity index is 929. The van der Waals surface area contributed by atoms with E-state index in [1.807, 2.05) is 67.6 Å². The fourth-order valence-corrected chi connectivity index (χ4v) is 2.41. The molecule has 0 N–H and O–H groups in total. The Balaban J connectivity index is 1.91. The number of fused-ring (bicyclic) bond motifs is 1. The average Bonchev–Trinajstić information content (AvgIpc) is 2.93. The summed E-state index contributed by atoms with van der Waals surface area (Å²) in [6.45, 7) is 1.94. The van der Waals surface area contributed by atoms with Gasteiger partial charge >= 0.3 is 0 Å². The predicted octanol–water partition coefficient (Wildman–Crippen LogP) is 3.19. The number of aryl methyl sites for hydroxylation is 1. The Hall–Kier alpha value is -3.08. The van der Waals surface area contributed by atoms with E-state index in [4.69, 9.17) is 0 Å². The lowest BCUT2D eigenvalue weighted by Crippen LogP contribution is -2.00. The predicted molar refractivity (Wildman–Crippen MR) is 84.6 cm³/mol. The van der Waals surface area contributed by atoms with Crippen molar-refractivity contribution in [2.24, 2.45) is 0 Å². The number of hydrogen-bond acceptors (Lipinski definition) is 4. The van der Waals surface area contributed by atoms with Crippen molar-refractivity contribution in [3.8, 4) is 17.1 Å². The lowest BCUT2D eigenvalue weighted by atomic mass is 10.2. The lowest BCUT2D eigenvalue weighted by molar-refractivity contribution is 0.863. The molecule has 5 nitrogen and oxygen atoms in total. The van der Waals surface area contributed by atoms with Crippen LogP contribution in [0.2, 0.25) is 0 Å². The minimum absolute atomic E-state index is 0.615. The first-order chi connectivity index (χ1) is 10.8. The van der Waals surface area contributed by atoms with Crippen LogP contribution in [-0.4, -0.2) is 25.0 Å². The molecule has 0 amide bonds. The summed E-state index contributed by atoms with van der Waals surface area (Å²) in [4.78, 5) is 4.63. The van der Waals surface area contributed by atoms with Crippen LogP contribution in [0.4, 0.5) is 0 Å². The first-order valence-electron chi connectivity index (χ1n) is 7.04. The van der Waals surface area contributed by atoms with Crippen LogP contribution in [0.15, 0.2) is 60.7 Å². The van der Waals surface area contributed by atoms with Gasteiger partial charge in [0, 0.05) is 5.56 Å². The highest BCUT2D eigenvalue weighted by Gasteiger charge is 2.14. The SMILES string of the molecule is Cc1nn(-c2ccccc2)c2nnc(-c3ccccc3)nc12. The third kappa shape index (κ3) is 2.03. The molecule has 0 saturated carbocycles. The highest BCUT2D eigenvalue weighted by Crippen LogP contribution is 2.20. The summed E-state index contributed by atoms with van der Waals surface area (Å²) in [6.07, 6.45) is 0. The summed E-state index contributed by atoms with van der Waals surface area (Å²) in [5.41, 5.74) is 4.18. The fourth-order valence-electron chi connectivity index (χ4n) is 2.41. The van der Waals surface area contributed by atoms with Crippen LogP contribution in [0, 0.1) is 6.92 Å². The standard InChI is InChI=1S/C17H13N5/c1-12-15-17(22(21-12)14-10-6-3-7-11-14)20-19-16(18-15)13-8-4-2-5-9-13/h2-11H,1H3. The third-order valence-electron chi connectivity index (χ3n) is 3.50. The van der Waals surface area contributed by atoms with E-state index < -0.39 is 0 Å². The maximum atomic E-state index is 4.63. The van der Waals surface area contributed by atoms with Crippen molar-refractivity contribution >= 4 is 11.2 Å². The van der Waals surface area contributed by atoms with Crippen LogP contribution >= 0.6 is 0 Å². The molecule has 5 heteroatoms. The average molecular weight is 287 g/mol.